The third-order valence-electron chi connectivity index (χ3n) is 0.264. The van der Waals surface area contributed by atoms with Crippen molar-refractivity contribution in [2.75, 3.05) is 0 Å². The van der Waals surface area contributed by atoms with Gasteiger partial charge in [0.1, 0.15) is 0 Å². The second-order valence-corrected chi connectivity index (χ2v) is 1.03. The standard InChI is InChI=1S/CH6B2O2/c1-3(5)2-4/h2,4-5H,1H3. The molecule has 28 valence electrons. The van der Waals surface area contributed by atoms with Gasteiger partial charge in [-0.3, -0.25) is 0 Å². The van der Waals surface area contributed by atoms with E-state index in [1.54, 1.807) is 0 Å². The molecule has 0 aromatic rings. The van der Waals surface area contributed by atoms with Gasteiger partial charge in [-0.15, -0.1) is 0 Å². The fourth-order valence-corrected chi connectivity index (χ4v) is 0. The van der Waals surface area contributed by atoms with E-state index in [4.69, 9.17) is 10.0 Å². The minimum absolute atomic E-state index is 0.139. The number of hydrogen-bond donors (Lipinski definition) is 2. The SMILES string of the molecule is CB(O)BO. The lowest BCUT2D eigenvalue weighted by Crippen LogP contribution is -2.15. The Morgan fingerprint density at radius 1 is 1.80 bits per heavy atom. The lowest BCUT2D eigenvalue weighted by atomic mass is 9.45. The maximum absolute atomic E-state index is 8.11. The van der Waals surface area contributed by atoms with Crippen molar-refractivity contribution in [1.29, 1.82) is 0 Å². The van der Waals surface area contributed by atoms with Gasteiger partial charge in [0.15, 0.2) is 0 Å². The summed E-state index contributed by atoms with van der Waals surface area (Å²) in [4.78, 5) is 0. The Bertz CT molecular complexity index is 21.6. The van der Waals surface area contributed by atoms with Crippen LogP contribution in [0.25, 0.3) is 0 Å². The molecule has 0 fully saturated rings. The van der Waals surface area contributed by atoms with Crippen molar-refractivity contribution in [1.82, 2.24) is 0 Å². The van der Waals surface area contributed by atoms with Crippen LogP contribution in [0.4, 0.5) is 0 Å². The summed E-state index contributed by atoms with van der Waals surface area (Å²) in [6, 6.07) is 0. The van der Waals surface area contributed by atoms with Crippen LogP contribution in [0.5, 0.6) is 0 Å². The lowest BCUT2D eigenvalue weighted by Gasteiger charge is -1.80. The first-order chi connectivity index (χ1) is 2.27. The van der Waals surface area contributed by atoms with Crippen molar-refractivity contribution in [2.45, 2.75) is 6.82 Å². The Labute approximate surface area is 32.2 Å². The first-order valence-electron chi connectivity index (χ1n) is 1.56. The van der Waals surface area contributed by atoms with E-state index < -0.39 is 6.81 Å². The summed E-state index contributed by atoms with van der Waals surface area (Å²) < 4.78 is 0. The van der Waals surface area contributed by atoms with Gasteiger partial charge in [0.05, 0.1) is 0 Å². The normalized spacial score (nSPS) is 7.00. The van der Waals surface area contributed by atoms with Gasteiger partial charge in [-0.05, 0) is 0 Å². The largest absolute Gasteiger partial charge is 0.459 e. The molecule has 2 nitrogen and oxygen atoms in total. The molecule has 0 bridgehead atoms. The summed E-state index contributed by atoms with van der Waals surface area (Å²) in [5, 5.41) is 16.0. The van der Waals surface area contributed by atoms with Crippen LogP contribution in [0.2, 0.25) is 6.82 Å². The Hall–Kier alpha value is 0.0499. The van der Waals surface area contributed by atoms with Crippen molar-refractivity contribution >= 4 is 14.2 Å². The molecule has 0 aromatic heterocycles. The predicted octanol–water partition coefficient (Wildman–Crippen LogP) is -1.56. The van der Waals surface area contributed by atoms with E-state index >= 15 is 0 Å². The molecule has 0 radical (unpaired) electrons. The summed E-state index contributed by atoms with van der Waals surface area (Å²) in [6.45, 7) is 0.968. The molecule has 0 aliphatic heterocycles. The van der Waals surface area contributed by atoms with Gasteiger partial charge in [-0.1, -0.05) is 6.82 Å². The highest BCUT2D eigenvalue weighted by Crippen LogP contribution is 1.58. The van der Waals surface area contributed by atoms with Crippen LogP contribution in [0, 0.1) is 0 Å². The zero-order valence-electron chi connectivity index (χ0n) is 3.18. The minimum atomic E-state index is -0.560. The molecule has 0 amide bonds. The van der Waals surface area contributed by atoms with Crippen LogP contribution >= 0.6 is 0 Å². The molecule has 0 atom stereocenters. The van der Waals surface area contributed by atoms with Crippen molar-refractivity contribution in [2.24, 2.45) is 0 Å². The molecule has 0 unspecified atom stereocenters. The topological polar surface area (TPSA) is 40.5 Å². The van der Waals surface area contributed by atoms with E-state index in [9.17, 15) is 0 Å². The van der Waals surface area contributed by atoms with E-state index in [1.165, 1.54) is 6.82 Å². The molecule has 0 saturated carbocycles. The van der Waals surface area contributed by atoms with Gasteiger partial charge in [-0.2, -0.15) is 0 Å². The van der Waals surface area contributed by atoms with Gasteiger partial charge in [-0.25, -0.2) is 0 Å². The van der Waals surface area contributed by atoms with E-state index in [1.807, 2.05) is 0 Å². The van der Waals surface area contributed by atoms with Gasteiger partial charge >= 0.3 is 0 Å². The molecular weight excluding hydrogens is 65.6 g/mol. The van der Waals surface area contributed by atoms with Crippen molar-refractivity contribution in [3.8, 4) is 0 Å². The van der Waals surface area contributed by atoms with E-state index in [0.717, 1.165) is 0 Å². The van der Waals surface area contributed by atoms with Crippen molar-refractivity contribution < 1.29 is 10.0 Å². The fourth-order valence-electron chi connectivity index (χ4n) is 0. The highest BCUT2D eigenvalue weighted by atomic mass is 16.2. The van der Waals surface area contributed by atoms with E-state index in [0.29, 0.717) is 0 Å². The lowest BCUT2D eigenvalue weighted by molar-refractivity contribution is 0.568. The van der Waals surface area contributed by atoms with E-state index in [-0.39, 0.29) is 7.37 Å². The highest BCUT2D eigenvalue weighted by Gasteiger charge is 1.97. The molecule has 0 spiro atoms. The maximum Gasteiger partial charge on any atom is 0.279 e. The number of rotatable bonds is 1. The molecule has 2 N–H and O–H groups in total. The van der Waals surface area contributed by atoms with Crippen LogP contribution in [0.3, 0.4) is 0 Å². The Morgan fingerprint density at radius 2 is 2.00 bits per heavy atom. The van der Waals surface area contributed by atoms with Gasteiger partial charge in [0, 0.05) is 0 Å². The molecule has 0 aromatic carbocycles. The van der Waals surface area contributed by atoms with Crippen LogP contribution in [-0.4, -0.2) is 24.2 Å². The van der Waals surface area contributed by atoms with Gasteiger partial charge < -0.3 is 10.0 Å². The monoisotopic (exact) mass is 72.1 g/mol. The third-order valence-corrected chi connectivity index (χ3v) is 0.264. The van der Waals surface area contributed by atoms with Crippen LogP contribution in [0.1, 0.15) is 0 Å². The van der Waals surface area contributed by atoms with Crippen LogP contribution < -0.4 is 0 Å². The van der Waals surface area contributed by atoms with Gasteiger partial charge in [0.2, 0.25) is 0 Å². The predicted molar refractivity (Wildman–Crippen MR) is 23.2 cm³/mol. The molecule has 0 rings (SSSR count). The van der Waals surface area contributed by atoms with Crippen molar-refractivity contribution in [3.63, 3.8) is 0 Å². The summed E-state index contributed by atoms with van der Waals surface area (Å²) in [6.07, 6.45) is 0. The zero-order valence-corrected chi connectivity index (χ0v) is 3.18. The minimum Gasteiger partial charge on any atom is -0.459 e. The van der Waals surface area contributed by atoms with E-state index in [2.05, 4.69) is 0 Å². The molecule has 0 saturated heterocycles. The molecule has 0 heterocycles. The summed E-state index contributed by atoms with van der Waals surface area (Å²) in [5.41, 5.74) is 0. The highest BCUT2D eigenvalue weighted by molar-refractivity contribution is 7.04. The quantitative estimate of drug-likeness (QED) is 0.367. The van der Waals surface area contributed by atoms with Gasteiger partial charge in [0.25, 0.3) is 14.2 Å². The summed E-state index contributed by atoms with van der Waals surface area (Å²) in [7, 11) is -0.139. The average molecular weight is 71.7 g/mol. The maximum atomic E-state index is 8.11. The number of hydrogen-bond acceptors (Lipinski definition) is 2. The fraction of sp³-hybridized carbons (Fsp3) is 1.00. The molecule has 4 heteroatoms. The second kappa shape index (κ2) is 2.30. The first kappa shape index (κ1) is 5.05. The van der Waals surface area contributed by atoms with Crippen molar-refractivity contribution in [3.05, 3.63) is 0 Å². The van der Waals surface area contributed by atoms with Crippen LogP contribution in [-0.2, 0) is 0 Å². The zero-order chi connectivity index (χ0) is 4.28. The summed E-state index contributed by atoms with van der Waals surface area (Å²) in [5.74, 6) is 0. The Balaban J connectivity index is 2.54. The Morgan fingerprint density at radius 3 is 2.00 bits per heavy atom. The molecule has 0 aliphatic rings. The Kier molecular flexibility index (Phi) is 2.32. The molecular formula is CH6B2O2. The first-order valence-corrected chi connectivity index (χ1v) is 1.56. The summed E-state index contributed by atoms with van der Waals surface area (Å²) >= 11 is 0. The third kappa shape index (κ3) is 4.05. The second-order valence-electron chi connectivity index (χ2n) is 1.03. The molecule has 5 heavy (non-hydrogen) atoms. The molecule has 0 aliphatic carbocycles. The average Bonchev–Trinajstić information content (AvgIpc) is 1.38. The van der Waals surface area contributed by atoms with Crippen LogP contribution in [0.15, 0.2) is 0 Å². The smallest absolute Gasteiger partial charge is 0.279 e.